The maximum Gasteiger partial charge on any atom is 0.343 e. The molecule has 0 amide bonds. The lowest BCUT2D eigenvalue weighted by Crippen LogP contribution is -2.09. The Morgan fingerprint density at radius 1 is 1.00 bits per heavy atom. The van der Waals surface area contributed by atoms with Crippen molar-refractivity contribution in [1.82, 2.24) is 0 Å². The Balaban J connectivity index is 1.86. The molecule has 4 nitrogen and oxygen atoms in total. The fourth-order valence-electron chi connectivity index (χ4n) is 2.58. The molecule has 0 spiro atoms. The number of hydrogen-bond donors (Lipinski definition) is 0. The Hall–Kier alpha value is -3.07. The minimum atomic E-state index is -0.488. The highest BCUT2D eigenvalue weighted by Gasteiger charge is 2.13. The highest BCUT2D eigenvalue weighted by molar-refractivity contribution is 9.10. The summed E-state index contributed by atoms with van der Waals surface area (Å²) in [6.07, 6.45) is 1.73. The summed E-state index contributed by atoms with van der Waals surface area (Å²) in [5.74, 6) is 0.193. The molecule has 0 saturated carbocycles. The molecule has 0 aromatic heterocycles. The molecule has 144 valence electrons. The molecule has 0 aliphatic rings. The maximum absolute atomic E-state index is 12.4. The van der Waals surface area contributed by atoms with Gasteiger partial charge in [-0.25, -0.2) is 4.79 Å². The highest BCUT2D eigenvalue weighted by Crippen LogP contribution is 2.31. The molecule has 0 N–H and O–H groups in total. The molecule has 29 heavy (non-hydrogen) atoms. The number of methoxy groups -OCH3 is 1. The third-order valence-corrected chi connectivity index (χ3v) is 4.84. The number of ether oxygens (including phenoxy) is 2. The predicted octanol–water partition coefficient (Wildman–Crippen LogP) is 6.39. The standard InChI is InChI=1S/C23H15BrClNO3/c1-28-22-13-15(12-18(14-26)16-5-9-20(25)10-6-16)2-11-21(22)29-23(27)17-3-7-19(24)8-4-17/h2-13H,1H3/b18-12-. The summed E-state index contributed by atoms with van der Waals surface area (Å²) in [5, 5.41) is 10.1. The fourth-order valence-corrected chi connectivity index (χ4v) is 2.97. The van der Waals surface area contributed by atoms with E-state index in [-0.39, 0.29) is 0 Å². The first-order valence-electron chi connectivity index (χ1n) is 8.53. The number of halogens is 2. The monoisotopic (exact) mass is 467 g/mol. The van der Waals surface area contributed by atoms with Crippen molar-refractivity contribution in [3.8, 4) is 17.6 Å². The lowest BCUT2D eigenvalue weighted by Gasteiger charge is -2.10. The van der Waals surface area contributed by atoms with Crippen LogP contribution in [0.4, 0.5) is 0 Å². The normalized spacial score (nSPS) is 10.9. The molecule has 0 atom stereocenters. The molecule has 0 aliphatic carbocycles. The van der Waals surface area contributed by atoms with Crippen molar-refractivity contribution in [3.63, 3.8) is 0 Å². The number of carbonyl (C=O) groups excluding carboxylic acids is 1. The topological polar surface area (TPSA) is 59.3 Å². The summed E-state index contributed by atoms with van der Waals surface area (Å²) < 4.78 is 11.7. The van der Waals surface area contributed by atoms with Crippen molar-refractivity contribution in [3.05, 3.63) is 92.9 Å². The summed E-state index contributed by atoms with van der Waals surface area (Å²) in [5.41, 5.74) is 2.38. The van der Waals surface area contributed by atoms with Crippen molar-refractivity contribution in [2.24, 2.45) is 0 Å². The molecule has 0 fully saturated rings. The van der Waals surface area contributed by atoms with E-state index in [4.69, 9.17) is 21.1 Å². The third kappa shape index (κ3) is 5.26. The van der Waals surface area contributed by atoms with Crippen LogP contribution in [0.3, 0.4) is 0 Å². The van der Waals surface area contributed by atoms with Gasteiger partial charge in [-0.05, 0) is 65.7 Å². The second kappa shape index (κ2) is 9.42. The molecular weight excluding hydrogens is 454 g/mol. The zero-order chi connectivity index (χ0) is 20.8. The number of benzene rings is 3. The number of rotatable bonds is 5. The SMILES string of the molecule is COc1cc(/C=C(/C#N)c2ccc(Cl)cc2)ccc1OC(=O)c1ccc(Br)cc1. The molecule has 0 heterocycles. The number of carbonyl (C=O) groups is 1. The minimum absolute atomic E-state index is 0.294. The average molecular weight is 469 g/mol. The third-order valence-electron chi connectivity index (χ3n) is 4.06. The van der Waals surface area contributed by atoms with Gasteiger partial charge in [0.1, 0.15) is 0 Å². The number of allylic oxidation sites excluding steroid dienone is 1. The first-order valence-corrected chi connectivity index (χ1v) is 9.71. The molecule has 6 heteroatoms. The van der Waals surface area contributed by atoms with Crippen LogP contribution in [0.1, 0.15) is 21.5 Å². The number of esters is 1. The van der Waals surface area contributed by atoms with E-state index in [0.29, 0.717) is 27.7 Å². The minimum Gasteiger partial charge on any atom is -0.493 e. The molecule has 0 aliphatic heterocycles. The summed E-state index contributed by atoms with van der Waals surface area (Å²) in [6.45, 7) is 0. The van der Waals surface area contributed by atoms with Gasteiger partial charge in [-0.1, -0.05) is 45.7 Å². The van der Waals surface area contributed by atoms with E-state index in [2.05, 4.69) is 22.0 Å². The summed E-state index contributed by atoms with van der Waals surface area (Å²) in [4.78, 5) is 12.4. The van der Waals surface area contributed by atoms with Crippen LogP contribution in [0, 0.1) is 11.3 Å². The van der Waals surface area contributed by atoms with Gasteiger partial charge >= 0.3 is 5.97 Å². The number of hydrogen-bond acceptors (Lipinski definition) is 4. The summed E-state index contributed by atoms with van der Waals surface area (Å²) in [6, 6.07) is 21.2. The van der Waals surface area contributed by atoms with Crippen LogP contribution >= 0.6 is 27.5 Å². The van der Waals surface area contributed by atoms with Crippen LogP contribution in [-0.4, -0.2) is 13.1 Å². The molecule has 3 aromatic carbocycles. The van der Waals surface area contributed by atoms with E-state index in [1.165, 1.54) is 7.11 Å². The van der Waals surface area contributed by atoms with E-state index in [9.17, 15) is 10.1 Å². The van der Waals surface area contributed by atoms with Gasteiger partial charge in [-0.2, -0.15) is 5.26 Å². The van der Waals surface area contributed by atoms with Crippen LogP contribution in [0.25, 0.3) is 11.6 Å². The van der Waals surface area contributed by atoms with Gasteiger partial charge in [0.2, 0.25) is 0 Å². The second-order valence-corrected chi connectivity index (χ2v) is 7.34. The van der Waals surface area contributed by atoms with Gasteiger partial charge in [-0.3, -0.25) is 0 Å². The van der Waals surface area contributed by atoms with Crippen molar-refractivity contribution >= 4 is 45.1 Å². The van der Waals surface area contributed by atoms with E-state index < -0.39 is 5.97 Å². The van der Waals surface area contributed by atoms with Crippen LogP contribution < -0.4 is 9.47 Å². The predicted molar refractivity (Wildman–Crippen MR) is 117 cm³/mol. The van der Waals surface area contributed by atoms with Gasteiger partial charge in [0.25, 0.3) is 0 Å². The van der Waals surface area contributed by atoms with Crippen molar-refractivity contribution in [2.45, 2.75) is 0 Å². The zero-order valence-electron chi connectivity index (χ0n) is 15.4. The zero-order valence-corrected chi connectivity index (χ0v) is 17.7. The summed E-state index contributed by atoms with van der Waals surface area (Å²) in [7, 11) is 1.49. The fraction of sp³-hybridized carbons (Fsp3) is 0.0435. The first kappa shape index (κ1) is 20.7. The van der Waals surface area contributed by atoms with E-state index in [1.54, 1.807) is 72.8 Å². The lowest BCUT2D eigenvalue weighted by molar-refractivity contribution is 0.0729. The Bertz CT molecular complexity index is 1100. The number of nitrogens with zero attached hydrogens (tertiary/aromatic N) is 1. The quantitative estimate of drug-likeness (QED) is 0.188. The van der Waals surface area contributed by atoms with Crippen molar-refractivity contribution in [1.29, 1.82) is 5.26 Å². The van der Waals surface area contributed by atoms with Gasteiger partial charge < -0.3 is 9.47 Å². The van der Waals surface area contributed by atoms with E-state index in [0.717, 1.165) is 15.6 Å². The Morgan fingerprint density at radius 3 is 2.28 bits per heavy atom. The van der Waals surface area contributed by atoms with Crippen molar-refractivity contribution < 1.29 is 14.3 Å². The van der Waals surface area contributed by atoms with E-state index >= 15 is 0 Å². The van der Waals surface area contributed by atoms with Crippen molar-refractivity contribution in [2.75, 3.05) is 7.11 Å². The Kier molecular flexibility index (Phi) is 6.71. The molecule has 0 bridgehead atoms. The van der Waals surface area contributed by atoms with Crippen LogP contribution in [0.5, 0.6) is 11.5 Å². The molecule has 0 unspecified atom stereocenters. The molecule has 3 rings (SSSR count). The van der Waals surface area contributed by atoms with Gasteiger partial charge in [0, 0.05) is 9.50 Å². The molecular formula is C23H15BrClNO3. The van der Waals surface area contributed by atoms with Crippen LogP contribution in [0.2, 0.25) is 5.02 Å². The second-order valence-electron chi connectivity index (χ2n) is 5.98. The van der Waals surface area contributed by atoms with Gasteiger partial charge in [-0.15, -0.1) is 0 Å². The van der Waals surface area contributed by atoms with E-state index in [1.807, 2.05) is 0 Å². The Morgan fingerprint density at radius 2 is 1.66 bits per heavy atom. The molecule has 0 saturated heterocycles. The average Bonchev–Trinajstić information content (AvgIpc) is 2.74. The maximum atomic E-state index is 12.4. The molecule has 0 radical (unpaired) electrons. The molecule has 3 aromatic rings. The smallest absolute Gasteiger partial charge is 0.343 e. The Labute approximate surface area is 182 Å². The van der Waals surface area contributed by atoms with Gasteiger partial charge in [0.05, 0.1) is 24.3 Å². The largest absolute Gasteiger partial charge is 0.493 e. The van der Waals surface area contributed by atoms with Gasteiger partial charge in [0.15, 0.2) is 11.5 Å². The highest BCUT2D eigenvalue weighted by atomic mass is 79.9. The van der Waals surface area contributed by atoms with Crippen LogP contribution in [0.15, 0.2) is 71.2 Å². The lowest BCUT2D eigenvalue weighted by atomic mass is 10.0. The van der Waals surface area contributed by atoms with Crippen LogP contribution in [-0.2, 0) is 0 Å². The summed E-state index contributed by atoms with van der Waals surface area (Å²) >= 11 is 9.24. The first-order chi connectivity index (χ1) is 14.0. The number of nitriles is 1.